The number of hydrogen-bond donors (Lipinski definition) is 3. The Morgan fingerprint density at radius 2 is 1.62 bits per heavy atom. The Morgan fingerprint density at radius 1 is 0.892 bits per heavy atom. The van der Waals surface area contributed by atoms with Crippen LogP contribution in [0.3, 0.4) is 0 Å². The SMILES string of the molecule is NC(=O)c1ccc(-c2ccc(CNC(=O)c3ccc4c(c3)NC(=O)c3ccccc3S4(=O)=O)cn2)cc1. The smallest absolute Gasteiger partial charge is 0.257 e. The van der Waals surface area contributed by atoms with E-state index >= 15 is 0 Å². The van der Waals surface area contributed by atoms with Crippen LogP contribution in [0.25, 0.3) is 11.3 Å². The van der Waals surface area contributed by atoms with Crippen molar-refractivity contribution < 1.29 is 22.8 Å². The standard InChI is InChI=1S/C27H20N4O5S/c28-25(32)18-8-6-17(7-9-18)21-11-5-16(14-29-21)15-30-26(33)19-10-12-24-22(13-19)31-27(34)20-3-1-2-4-23(20)37(24,35)36/h1-14H,15H2,(H2,28,32)(H,30,33)(H,31,34). The normalized spacial score (nSPS) is 13.5. The Balaban J connectivity index is 1.30. The highest BCUT2D eigenvalue weighted by Crippen LogP contribution is 2.34. The van der Waals surface area contributed by atoms with Crippen LogP contribution < -0.4 is 16.4 Å². The Hall–Kier alpha value is -4.83. The second-order valence-corrected chi connectivity index (χ2v) is 10.2. The van der Waals surface area contributed by atoms with Crippen molar-refractivity contribution >= 4 is 33.2 Å². The molecule has 184 valence electrons. The topological polar surface area (TPSA) is 148 Å². The zero-order valence-electron chi connectivity index (χ0n) is 19.3. The summed E-state index contributed by atoms with van der Waals surface area (Å²) in [5.41, 5.74) is 8.20. The fourth-order valence-corrected chi connectivity index (χ4v) is 5.58. The average Bonchev–Trinajstić information content (AvgIpc) is 2.99. The number of nitrogens with zero attached hydrogens (tertiary/aromatic N) is 1. The van der Waals surface area contributed by atoms with Crippen LogP contribution in [0.2, 0.25) is 0 Å². The molecule has 1 aromatic heterocycles. The molecule has 0 unspecified atom stereocenters. The molecular weight excluding hydrogens is 492 g/mol. The number of anilines is 1. The van der Waals surface area contributed by atoms with Crippen molar-refractivity contribution in [1.82, 2.24) is 10.3 Å². The van der Waals surface area contributed by atoms with Gasteiger partial charge in [0.05, 0.1) is 26.7 Å². The number of sulfone groups is 1. The molecule has 0 aliphatic carbocycles. The van der Waals surface area contributed by atoms with E-state index in [1.54, 1.807) is 48.7 Å². The lowest BCUT2D eigenvalue weighted by molar-refractivity contribution is 0.0948. The summed E-state index contributed by atoms with van der Waals surface area (Å²) in [6.45, 7) is 0.180. The number of primary amides is 1. The lowest BCUT2D eigenvalue weighted by Gasteiger charge is -2.10. The number of benzene rings is 3. The van der Waals surface area contributed by atoms with Crippen LogP contribution in [0, 0.1) is 0 Å². The zero-order valence-corrected chi connectivity index (χ0v) is 20.1. The molecule has 5 rings (SSSR count). The Morgan fingerprint density at radius 3 is 2.32 bits per heavy atom. The highest BCUT2D eigenvalue weighted by Gasteiger charge is 2.31. The van der Waals surface area contributed by atoms with E-state index in [1.807, 2.05) is 6.07 Å². The van der Waals surface area contributed by atoms with Crippen molar-refractivity contribution in [2.75, 3.05) is 5.32 Å². The molecule has 4 aromatic rings. The van der Waals surface area contributed by atoms with Crippen molar-refractivity contribution in [3.63, 3.8) is 0 Å². The maximum atomic E-state index is 13.1. The number of nitrogens with two attached hydrogens (primary N) is 1. The van der Waals surface area contributed by atoms with Crippen molar-refractivity contribution in [1.29, 1.82) is 0 Å². The molecule has 10 heteroatoms. The fourth-order valence-electron chi connectivity index (χ4n) is 3.99. The number of rotatable bonds is 5. The first-order valence-corrected chi connectivity index (χ1v) is 12.7. The van der Waals surface area contributed by atoms with E-state index < -0.39 is 27.6 Å². The average molecular weight is 513 g/mol. The number of carbonyl (C=O) groups excluding carboxylic acids is 3. The molecule has 0 spiro atoms. The molecule has 1 aliphatic rings. The molecule has 0 radical (unpaired) electrons. The minimum atomic E-state index is -3.95. The lowest BCUT2D eigenvalue weighted by atomic mass is 10.1. The van der Waals surface area contributed by atoms with Gasteiger partial charge in [0.25, 0.3) is 11.8 Å². The second kappa shape index (κ2) is 9.32. The van der Waals surface area contributed by atoms with Gasteiger partial charge in [-0.2, -0.15) is 0 Å². The monoisotopic (exact) mass is 512 g/mol. The van der Waals surface area contributed by atoms with Crippen molar-refractivity contribution in [3.05, 3.63) is 107 Å². The van der Waals surface area contributed by atoms with Crippen molar-refractivity contribution in [3.8, 4) is 11.3 Å². The highest BCUT2D eigenvalue weighted by atomic mass is 32.2. The van der Waals surface area contributed by atoms with Crippen molar-refractivity contribution in [2.45, 2.75) is 16.3 Å². The first kappa shape index (κ1) is 23.9. The molecule has 9 nitrogen and oxygen atoms in total. The van der Waals surface area contributed by atoms with Gasteiger partial charge in [0.15, 0.2) is 0 Å². The van der Waals surface area contributed by atoms with Crippen LogP contribution in [0.1, 0.15) is 36.6 Å². The molecule has 0 saturated heterocycles. The Bertz CT molecular complexity index is 1660. The Labute approximate surface area is 212 Å². The number of nitrogens with one attached hydrogen (secondary N) is 2. The fraction of sp³-hybridized carbons (Fsp3) is 0.0370. The van der Waals surface area contributed by atoms with E-state index in [0.717, 1.165) is 11.1 Å². The number of carbonyl (C=O) groups is 3. The summed E-state index contributed by atoms with van der Waals surface area (Å²) in [7, 11) is -3.95. The summed E-state index contributed by atoms with van der Waals surface area (Å²) in [4.78, 5) is 40.9. The summed E-state index contributed by atoms with van der Waals surface area (Å²) >= 11 is 0. The number of aromatic nitrogens is 1. The minimum absolute atomic E-state index is 0.0437. The van der Waals surface area contributed by atoms with E-state index in [-0.39, 0.29) is 33.2 Å². The third-order valence-corrected chi connectivity index (χ3v) is 7.81. The molecule has 1 aliphatic heterocycles. The molecule has 0 bridgehead atoms. The van der Waals surface area contributed by atoms with Crippen molar-refractivity contribution in [2.24, 2.45) is 5.73 Å². The van der Waals surface area contributed by atoms with Gasteiger partial charge >= 0.3 is 0 Å². The summed E-state index contributed by atoms with van der Waals surface area (Å²) in [6, 6.07) is 20.4. The van der Waals surface area contributed by atoms with E-state index in [0.29, 0.717) is 11.3 Å². The lowest BCUT2D eigenvalue weighted by Crippen LogP contribution is -2.23. The number of hydrogen-bond acceptors (Lipinski definition) is 6. The maximum absolute atomic E-state index is 13.1. The first-order valence-electron chi connectivity index (χ1n) is 11.2. The number of pyridine rings is 1. The predicted molar refractivity (Wildman–Crippen MR) is 136 cm³/mol. The molecule has 3 aromatic carbocycles. The molecule has 3 amide bonds. The van der Waals surface area contributed by atoms with Crippen LogP contribution >= 0.6 is 0 Å². The van der Waals surface area contributed by atoms with Gasteiger partial charge in [-0.15, -0.1) is 0 Å². The van der Waals surface area contributed by atoms with Gasteiger partial charge in [0, 0.05) is 29.4 Å². The van der Waals surface area contributed by atoms with E-state index in [4.69, 9.17) is 5.73 Å². The van der Waals surface area contributed by atoms with E-state index in [1.165, 1.54) is 30.3 Å². The van der Waals surface area contributed by atoms with Gasteiger partial charge in [0.1, 0.15) is 0 Å². The van der Waals surface area contributed by atoms with Crippen LogP contribution in [-0.2, 0) is 16.4 Å². The third-order valence-electron chi connectivity index (χ3n) is 5.94. The predicted octanol–water partition coefficient (Wildman–Crippen LogP) is 3.18. The first-order chi connectivity index (χ1) is 17.7. The summed E-state index contributed by atoms with van der Waals surface area (Å²) in [6.07, 6.45) is 1.62. The van der Waals surface area contributed by atoms with Crippen LogP contribution in [0.4, 0.5) is 5.69 Å². The maximum Gasteiger partial charge on any atom is 0.257 e. The molecule has 0 fully saturated rings. The second-order valence-electron chi connectivity index (χ2n) is 8.34. The quantitative estimate of drug-likeness (QED) is 0.374. The largest absolute Gasteiger partial charge is 0.366 e. The van der Waals surface area contributed by atoms with Gasteiger partial charge in [-0.25, -0.2) is 8.42 Å². The zero-order chi connectivity index (χ0) is 26.2. The van der Waals surface area contributed by atoms with Gasteiger partial charge in [-0.05, 0) is 54.1 Å². The molecular formula is C27H20N4O5S. The van der Waals surface area contributed by atoms with Gasteiger partial charge < -0.3 is 16.4 Å². The third kappa shape index (κ3) is 4.57. The van der Waals surface area contributed by atoms with Gasteiger partial charge in [0.2, 0.25) is 15.7 Å². The number of fused-ring (bicyclic) bond motifs is 2. The van der Waals surface area contributed by atoms with Crippen LogP contribution in [0.5, 0.6) is 0 Å². The minimum Gasteiger partial charge on any atom is -0.366 e. The summed E-state index contributed by atoms with van der Waals surface area (Å²) in [5.74, 6) is -1.51. The molecule has 0 atom stereocenters. The van der Waals surface area contributed by atoms with E-state index in [2.05, 4.69) is 15.6 Å². The molecule has 2 heterocycles. The molecule has 0 saturated carbocycles. The molecule has 37 heavy (non-hydrogen) atoms. The van der Waals surface area contributed by atoms with Gasteiger partial charge in [-0.1, -0.05) is 30.3 Å². The molecule has 4 N–H and O–H groups in total. The summed E-state index contributed by atoms with van der Waals surface area (Å²) < 4.78 is 26.2. The van der Waals surface area contributed by atoms with Crippen LogP contribution in [-0.4, -0.2) is 31.1 Å². The van der Waals surface area contributed by atoms with E-state index in [9.17, 15) is 22.8 Å². The van der Waals surface area contributed by atoms with Gasteiger partial charge in [-0.3, -0.25) is 19.4 Å². The summed E-state index contributed by atoms with van der Waals surface area (Å²) in [5, 5.41) is 5.37. The Kier molecular flexibility index (Phi) is 6.02. The number of amides is 3. The highest BCUT2D eigenvalue weighted by molar-refractivity contribution is 7.91. The van der Waals surface area contributed by atoms with Crippen LogP contribution in [0.15, 0.2) is 94.9 Å².